The first-order valence-corrected chi connectivity index (χ1v) is 12.3. The summed E-state index contributed by atoms with van der Waals surface area (Å²) in [5.41, 5.74) is 0.737. The predicted octanol–water partition coefficient (Wildman–Crippen LogP) is 2.46. The van der Waals surface area contributed by atoms with E-state index in [1.54, 1.807) is 19.1 Å². The zero-order valence-electron chi connectivity index (χ0n) is 20.0. The highest BCUT2D eigenvalue weighted by Crippen LogP contribution is 2.35. The number of aromatic nitrogens is 3. The minimum Gasteiger partial charge on any atom is -0.497 e. The molecule has 2 aromatic rings. The molecule has 5 rings (SSSR count). The van der Waals surface area contributed by atoms with Gasteiger partial charge < -0.3 is 14.5 Å². The minimum atomic E-state index is -0.332. The van der Waals surface area contributed by atoms with Crippen LogP contribution in [0, 0.1) is 5.92 Å². The van der Waals surface area contributed by atoms with Crippen LogP contribution in [-0.4, -0.2) is 57.8 Å². The summed E-state index contributed by atoms with van der Waals surface area (Å²) in [6, 6.07) is 7.64. The van der Waals surface area contributed by atoms with Crippen LogP contribution in [0.15, 0.2) is 29.1 Å². The number of aryl methyl sites for hydroxylation is 1. The second-order valence-electron chi connectivity index (χ2n) is 9.78. The third-order valence-corrected chi connectivity index (χ3v) is 7.68. The molecule has 2 saturated heterocycles. The Labute approximate surface area is 199 Å². The van der Waals surface area contributed by atoms with E-state index in [1.165, 1.54) is 4.68 Å². The number of carbonyl (C=O) groups is 2. The van der Waals surface area contributed by atoms with Gasteiger partial charge in [0.2, 0.25) is 11.8 Å². The van der Waals surface area contributed by atoms with E-state index < -0.39 is 0 Å². The molecule has 1 saturated carbocycles. The molecule has 1 aromatic carbocycles. The fourth-order valence-corrected chi connectivity index (χ4v) is 5.80. The quantitative estimate of drug-likeness (QED) is 0.674. The highest BCUT2D eigenvalue weighted by Gasteiger charge is 2.39. The number of anilines is 1. The molecule has 3 heterocycles. The summed E-state index contributed by atoms with van der Waals surface area (Å²) >= 11 is 0. The molecule has 1 atom stereocenters. The molecule has 34 heavy (non-hydrogen) atoms. The number of hydrogen-bond acceptors (Lipinski definition) is 5. The first-order chi connectivity index (χ1) is 16.5. The van der Waals surface area contributed by atoms with Gasteiger partial charge in [0.05, 0.1) is 13.0 Å². The van der Waals surface area contributed by atoms with Gasteiger partial charge in [0.1, 0.15) is 11.6 Å². The molecule has 9 nitrogen and oxygen atoms in total. The third kappa shape index (κ3) is 4.12. The molecule has 0 bridgehead atoms. The molecule has 1 aliphatic carbocycles. The van der Waals surface area contributed by atoms with E-state index in [-0.39, 0.29) is 41.8 Å². The lowest BCUT2D eigenvalue weighted by atomic mass is 9.94. The molecule has 0 radical (unpaired) electrons. The van der Waals surface area contributed by atoms with E-state index in [1.807, 2.05) is 33.7 Å². The molecular formula is C25H33N5O4. The molecule has 1 aromatic heterocycles. The number of amides is 2. The highest BCUT2D eigenvalue weighted by molar-refractivity contribution is 6.00. The van der Waals surface area contributed by atoms with Crippen molar-refractivity contribution in [2.24, 2.45) is 13.0 Å². The fraction of sp³-hybridized carbons (Fsp3) is 0.600. The number of ether oxygens (including phenoxy) is 1. The van der Waals surface area contributed by atoms with Crippen LogP contribution in [0.4, 0.5) is 5.69 Å². The number of rotatable bonds is 5. The monoisotopic (exact) mass is 467 g/mol. The van der Waals surface area contributed by atoms with Crippen LogP contribution in [0.3, 0.4) is 0 Å². The van der Waals surface area contributed by atoms with Crippen molar-refractivity contribution < 1.29 is 14.3 Å². The van der Waals surface area contributed by atoms with Crippen molar-refractivity contribution >= 4 is 17.5 Å². The van der Waals surface area contributed by atoms with E-state index in [9.17, 15) is 14.4 Å². The van der Waals surface area contributed by atoms with Crippen molar-refractivity contribution in [2.45, 2.75) is 56.9 Å². The van der Waals surface area contributed by atoms with Crippen LogP contribution in [0.1, 0.15) is 62.7 Å². The van der Waals surface area contributed by atoms with Crippen LogP contribution >= 0.6 is 0 Å². The number of methoxy groups -OCH3 is 1. The summed E-state index contributed by atoms with van der Waals surface area (Å²) in [6.45, 7) is 1.65. The SMILES string of the molecule is COc1cccc(N2CC(C(=O)N3CCC(c4nn(C)c(=O)n4C4CCCC4)CC3)CC2=O)c1. The molecule has 0 spiro atoms. The Balaban J connectivity index is 1.23. The third-order valence-electron chi connectivity index (χ3n) is 7.68. The zero-order chi connectivity index (χ0) is 23.8. The maximum absolute atomic E-state index is 13.3. The summed E-state index contributed by atoms with van der Waals surface area (Å²) in [6.07, 6.45) is 6.20. The Morgan fingerprint density at radius 3 is 2.53 bits per heavy atom. The second kappa shape index (κ2) is 9.27. The number of hydrogen-bond donors (Lipinski definition) is 0. The topological polar surface area (TPSA) is 89.7 Å². The summed E-state index contributed by atoms with van der Waals surface area (Å²) < 4.78 is 8.66. The summed E-state index contributed by atoms with van der Waals surface area (Å²) in [4.78, 5) is 42.3. The molecular weight excluding hydrogens is 434 g/mol. The van der Waals surface area contributed by atoms with Crippen LogP contribution in [-0.2, 0) is 16.6 Å². The minimum absolute atomic E-state index is 0.0255. The number of likely N-dealkylation sites (tertiary alicyclic amines) is 1. The maximum Gasteiger partial charge on any atom is 0.345 e. The zero-order valence-corrected chi connectivity index (χ0v) is 20.0. The van der Waals surface area contributed by atoms with Gasteiger partial charge in [-0.3, -0.25) is 14.2 Å². The van der Waals surface area contributed by atoms with E-state index in [2.05, 4.69) is 5.10 Å². The summed E-state index contributed by atoms with van der Waals surface area (Å²) in [5.74, 6) is 1.43. The summed E-state index contributed by atoms with van der Waals surface area (Å²) in [7, 11) is 3.32. The average Bonchev–Trinajstić information content (AvgIpc) is 3.59. The maximum atomic E-state index is 13.3. The number of benzene rings is 1. The first kappa shape index (κ1) is 22.7. The van der Waals surface area contributed by atoms with Gasteiger partial charge in [-0.2, -0.15) is 5.10 Å². The molecule has 9 heteroatoms. The molecule has 2 aliphatic heterocycles. The van der Waals surface area contributed by atoms with E-state index in [0.717, 1.165) is 50.0 Å². The van der Waals surface area contributed by atoms with Crippen molar-refractivity contribution in [3.63, 3.8) is 0 Å². The lowest BCUT2D eigenvalue weighted by molar-refractivity contribution is -0.136. The van der Waals surface area contributed by atoms with E-state index >= 15 is 0 Å². The van der Waals surface area contributed by atoms with Crippen LogP contribution < -0.4 is 15.3 Å². The van der Waals surface area contributed by atoms with Crippen molar-refractivity contribution in [2.75, 3.05) is 31.6 Å². The van der Waals surface area contributed by atoms with Crippen LogP contribution in [0.25, 0.3) is 0 Å². The van der Waals surface area contributed by atoms with Crippen LogP contribution in [0.5, 0.6) is 5.75 Å². The van der Waals surface area contributed by atoms with Gasteiger partial charge in [-0.05, 0) is 37.8 Å². The molecule has 0 N–H and O–H groups in total. The molecule has 3 fully saturated rings. The molecule has 182 valence electrons. The standard InChI is InChI=1S/C25H33N5O4/c1-27-25(33)30(19-6-3-4-7-19)23(26-27)17-10-12-28(13-11-17)24(32)18-14-22(31)29(16-18)20-8-5-9-21(15-20)34-2/h5,8-9,15,17-19H,3-4,6-7,10-14,16H2,1-2H3. The number of piperidine rings is 1. The Morgan fingerprint density at radius 2 is 1.82 bits per heavy atom. The van der Waals surface area contributed by atoms with Crippen molar-refractivity contribution in [1.82, 2.24) is 19.2 Å². The molecule has 2 amide bonds. The fourth-order valence-electron chi connectivity index (χ4n) is 5.80. The Bertz CT molecular complexity index is 1120. The summed E-state index contributed by atoms with van der Waals surface area (Å²) in [5, 5.41) is 4.60. The molecule has 3 aliphatic rings. The van der Waals surface area contributed by atoms with Gasteiger partial charge in [0, 0.05) is 56.8 Å². The van der Waals surface area contributed by atoms with Crippen molar-refractivity contribution in [3.8, 4) is 5.75 Å². The Hall–Kier alpha value is -3.10. The van der Waals surface area contributed by atoms with Gasteiger partial charge in [-0.15, -0.1) is 0 Å². The van der Waals surface area contributed by atoms with Crippen LogP contribution in [0.2, 0.25) is 0 Å². The molecule has 1 unspecified atom stereocenters. The van der Waals surface area contributed by atoms with Gasteiger partial charge in [-0.1, -0.05) is 18.9 Å². The normalized spacial score (nSPS) is 22.1. The van der Waals surface area contributed by atoms with Gasteiger partial charge in [-0.25, -0.2) is 9.48 Å². The van der Waals surface area contributed by atoms with Gasteiger partial charge in [0.25, 0.3) is 0 Å². The van der Waals surface area contributed by atoms with Gasteiger partial charge in [0.15, 0.2) is 0 Å². The largest absolute Gasteiger partial charge is 0.497 e. The average molecular weight is 468 g/mol. The number of nitrogens with zero attached hydrogens (tertiary/aromatic N) is 5. The lowest BCUT2D eigenvalue weighted by Crippen LogP contribution is -2.42. The Kier molecular flexibility index (Phi) is 6.18. The predicted molar refractivity (Wildman–Crippen MR) is 127 cm³/mol. The van der Waals surface area contributed by atoms with E-state index in [0.29, 0.717) is 25.4 Å². The lowest BCUT2D eigenvalue weighted by Gasteiger charge is -2.33. The smallest absolute Gasteiger partial charge is 0.345 e. The van der Waals surface area contributed by atoms with Crippen molar-refractivity contribution in [3.05, 3.63) is 40.6 Å². The Morgan fingerprint density at radius 1 is 1.09 bits per heavy atom. The number of carbonyl (C=O) groups excluding carboxylic acids is 2. The first-order valence-electron chi connectivity index (χ1n) is 12.3. The second-order valence-corrected chi connectivity index (χ2v) is 9.78. The van der Waals surface area contributed by atoms with E-state index in [4.69, 9.17) is 4.74 Å². The van der Waals surface area contributed by atoms with Crippen molar-refractivity contribution in [1.29, 1.82) is 0 Å². The highest BCUT2D eigenvalue weighted by atomic mass is 16.5. The van der Waals surface area contributed by atoms with Gasteiger partial charge >= 0.3 is 5.69 Å².